The first-order valence-electron chi connectivity index (χ1n) is 8.46. The largest absolute Gasteiger partial charge is 0.351 e. The Morgan fingerprint density at radius 3 is 2.26 bits per heavy atom. The fourth-order valence-electron chi connectivity index (χ4n) is 3.69. The van der Waals surface area contributed by atoms with Crippen LogP contribution in [0.3, 0.4) is 0 Å². The van der Waals surface area contributed by atoms with Gasteiger partial charge in [-0.1, -0.05) is 19.4 Å². The molecule has 1 heterocycles. The number of carbonyl (C=O) groups excluding carboxylic acids is 2. The summed E-state index contributed by atoms with van der Waals surface area (Å²) in [5.74, 6) is 0. The van der Waals surface area contributed by atoms with E-state index in [2.05, 4.69) is 20.8 Å². The Morgan fingerprint density at radius 1 is 1.17 bits per heavy atom. The van der Waals surface area contributed by atoms with Crippen molar-refractivity contribution >= 4 is 12.1 Å². The van der Waals surface area contributed by atoms with E-state index in [9.17, 15) is 9.59 Å². The molecule has 0 unspecified atom stereocenters. The molecule has 0 radical (unpaired) electrons. The van der Waals surface area contributed by atoms with Crippen molar-refractivity contribution in [3.05, 3.63) is 11.1 Å². The van der Waals surface area contributed by atoms with Crippen LogP contribution >= 0.6 is 0 Å². The van der Waals surface area contributed by atoms with Gasteiger partial charge in [-0.15, -0.1) is 0 Å². The third-order valence-electron chi connectivity index (χ3n) is 5.27. The number of hydrogen-bond donors (Lipinski definition) is 1. The highest BCUT2D eigenvalue weighted by atomic mass is 16.2. The quantitative estimate of drug-likeness (QED) is 0.792. The zero-order chi connectivity index (χ0) is 17.2. The third kappa shape index (κ3) is 3.98. The van der Waals surface area contributed by atoms with Gasteiger partial charge < -0.3 is 20.4 Å². The molecule has 6 nitrogen and oxygen atoms in total. The first-order valence-corrected chi connectivity index (χ1v) is 8.46. The van der Waals surface area contributed by atoms with E-state index in [4.69, 9.17) is 5.73 Å². The predicted molar refractivity (Wildman–Crippen MR) is 91.1 cm³/mol. The van der Waals surface area contributed by atoms with Crippen LogP contribution < -0.4 is 5.73 Å². The molecular formula is C17H30N4O2. The van der Waals surface area contributed by atoms with Crippen LogP contribution in [-0.4, -0.2) is 66.5 Å². The molecule has 0 aromatic rings. The normalized spacial score (nSPS) is 21.4. The van der Waals surface area contributed by atoms with Gasteiger partial charge in [0.05, 0.1) is 0 Å². The fraction of sp³-hybridized carbons (Fsp3) is 0.765. The lowest BCUT2D eigenvalue weighted by Crippen LogP contribution is -2.54. The molecule has 2 aliphatic rings. The van der Waals surface area contributed by atoms with E-state index in [1.165, 1.54) is 24.0 Å². The SMILES string of the molecule is CC1=C(CN(C)C(=O)N2CCN(C(N)=O)CC2)C(C)(C)CCC1. The Morgan fingerprint density at radius 2 is 1.74 bits per heavy atom. The predicted octanol–water partition coefficient (Wildman–Crippen LogP) is 2.26. The summed E-state index contributed by atoms with van der Waals surface area (Å²) in [4.78, 5) is 29.0. The summed E-state index contributed by atoms with van der Waals surface area (Å²) in [6, 6.07) is -0.369. The van der Waals surface area contributed by atoms with Crippen LogP contribution in [0, 0.1) is 5.41 Å². The zero-order valence-electron chi connectivity index (χ0n) is 14.9. The van der Waals surface area contributed by atoms with E-state index >= 15 is 0 Å². The summed E-state index contributed by atoms with van der Waals surface area (Å²) < 4.78 is 0. The minimum absolute atomic E-state index is 0.0378. The lowest BCUT2D eigenvalue weighted by Gasteiger charge is -2.39. The molecule has 0 saturated carbocycles. The van der Waals surface area contributed by atoms with E-state index in [1.807, 2.05) is 16.8 Å². The lowest BCUT2D eigenvalue weighted by atomic mass is 9.72. The summed E-state index contributed by atoms with van der Waals surface area (Å²) in [5.41, 5.74) is 8.28. The summed E-state index contributed by atoms with van der Waals surface area (Å²) in [7, 11) is 1.87. The summed E-state index contributed by atoms with van der Waals surface area (Å²) >= 11 is 0. The van der Waals surface area contributed by atoms with E-state index in [-0.39, 0.29) is 11.4 Å². The molecule has 0 bridgehead atoms. The standard InChI is InChI=1S/C17H30N4O2/c1-13-6-5-7-17(2,3)14(13)12-19(4)16(23)21-10-8-20(9-11-21)15(18)22/h5-12H2,1-4H3,(H2,18,22). The van der Waals surface area contributed by atoms with Crippen molar-refractivity contribution < 1.29 is 9.59 Å². The molecule has 1 fully saturated rings. The molecular weight excluding hydrogens is 292 g/mol. The van der Waals surface area contributed by atoms with Crippen molar-refractivity contribution in [1.29, 1.82) is 0 Å². The molecule has 0 atom stereocenters. The van der Waals surface area contributed by atoms with Crippen molar-refractivity contribution in [2.75, 3.05) is 39.8 Å². The number of primary amides is 1. The van der Waals surface area contributed by atoms with Crippen molar-refractivity contribution in [2.45, 2.75) is 40.0 Å². The van der Waals surface area contributed by atoms with Crippen LogP contribution in [0.25, 0.3) is 0 Å². The number of piperazine rings is 1. The topological polar surface area (TPSA) is 69.9 Å². The van der Waals surface area contributed by atoms with Crippen LogP contribution in [0.15, 0.2) is 11.1 Å². The molecule has 0 spiro atoms. The Bertz CT molecular complexity index is 505. The number of nitrogens with two attached hydrogens (primary N) is 1. The molecule has 130 valence electrons. The molecule has 6 heteroatoms. The van der Waals surface area contributed by atoms with Gasteiger partial charge in [-0.05, 0) is 37.2 Å². The highest BCUT2D eigenvalue weighted by Gasteiger charge is 2.31. The maximum absolute atomic E-state index is 12.7. The molecule has 4 amide bonds. The molecule has 1 aliphatic carbocycles. The molecule has 2 rings (SSSR count). The summed E-state index contributed by atoms with van der Waals surface area (Å²) in [6.07, 6.45) is 3.55. The minimum Gasteiger partial charge on any atom is -0.351 e. The van der Waals surface area contributed by atoms with Gasteiger partial charge in [-0.2, -0.15) is 0 Å². The van der Waals surface area contributed by atoms with Gasteiger partial charge in [0.2, 0.25) is 0 Å². The van der Waals surface area contributed by atoms with E-state index < -0.39 is 6.03 Å². The van der Waals surface area contributed by atoms with Gasteiger partial charge in [0.25, 0.3) is 0 Å². The first kappa shape index (κ1) is 17.6. The van der Waals surface area contributed by atoms with Gasteiger partial charge in [-0.3, -0.25) is 0 Å². The van der Waals surface area contributed by atoms with Gasteiger partial charge in [0, 0.05) is 39.8 Å². The summed E-state index contributed by atoms with van der Waals surface area (Å²) in [6.45, 7) is 9.56. The molecule has 0 aromatic heterocycles. The Balaban J connectivity index is 1.97. The van der Waals surface area contributed by atoms with Gasteiger partial charge in [0.1, 0.15) is 0 Å². The zero-order valence-corrected chi connectivity index (χ0v) is 14.9. The van der Waals surface area contributed by atoms with Crippen molar-refractivity contribution in [2.24, 2.45) is 11.1 Å². The van der Waals surface area contributed by atoms with E-state index in [0.29, 0.717) is 32.7 Å². The smallest absolute Gasteiger partial charge is 0.320 e. The monoisotopic (exact) mass is 322 g/mol. The lowest BCUT2D eigenvalue weighted by molar-refractivity contribution is 0.127. The molecule has 23 heavy (non-hydrogen) atoms. The Hall–Kier alpha value is -1.72. The fourth-order valence-corrected chi connectivity index (χ4v) is 3.69. The second-order valence-electron chi connectivity index (χ2n) is 7.45. The molecule has 0 aromatic carbocycles. The van der Waals surface area contributed by atoms with Gasteiger partial charge >= 0.3 is 12.1 Å². The third-order valence-corrected chi connectivity index (χ3v) is 5.27. The Kier molecular flexibility index (Phi) is 5.22. The average Bonchev–Trinajstić information content (AvgIpc) is 2.50. The van der Waals surface area contributed by atoms with E-state index in [0.717, 1.165) is 6.42 Å². The minimum atomic E-state index is -0.407. The number of urea groups is 2. The van der Waals surface area contributed by atoms with Gasteiger partial charge in [0.15, 0.2) is 0 Å². The van der Waals surface area contributed by atoms with Crippen molar-refractivity contribution in [1.82, 2.24) is 14.7 Å². The number of rotatable bonds is 2. The van der Waals surface area contributed by atoms with E-state index in [1.54, 1.807) is 4.90 Å². The van der Waals surface area contributed by atoms with Crippen LogP contribution in [0.1, 0.15) is 40.0 Å². The van der Waals surface area contributed by atoms with Crippen molar-refractivity contribution in [3.63, 3.8) is 0 Å². The van der Waals surface area contributed by atoms with Crippen LogP contribution in [-0.2, 0) is 0 Å². The average molecular weight is 322 g/mol. The molecule has 1 aliphatic heterocycles. The number of amides is 4. The second-order valence-corrected chi connectivity index (χ2v) is 7.45. The maximum Gasteiger partial charge on any atom is 0.320 e. The van der Waals surface area contributed by atoms with Crippen molar-refractivity contribution in [3.8, 4) is 0 Å². The second kappa shape index (κ2) is 6.81. The number of carbonyl (C=O) groups is 2. The summed E-state index contributed by atoms with van der Waals surface area (Å²) in [5, 5.41) is 0. The van der Waals surface area contributed by atoms with Crippen LogP contribution in [0.2, 0.25) is 0 Å². The molecule has 2 N–H and O–H groups in total. The number of allylic oxidation sites excluding steroid dienone is 1. The van der Waals surface area contributed by atoms with Gasteiger partial charge in [-0.25, -0.2) is 9.59 Å². The number of nitrogens with zero attached hydrogens (tertiary/aromatic N) is 3. The number of hydrogen-bond acceptors (Lipinski definition) is 2. The molecule has 1 saturated heterocycles. The first-order chi connectivity index (χ1) is 10.7. The highest BCUT2D eigenvalue weighted by molar-refractivity contribution is 5.76. The maximum atomic E-state index is 12.7. The number of likely N-dealkylation sites (N-methyl/N-ethyl adjacent to an activating group) is 1. The Labute approximate surface area is 139 Å². The van der Waals surface area contributed by atoms with Crippen LogP contribution in [0.5, 0.6) is 0 Å². The van der Waals surface area contributed by atoms with Crippen LogP contribution in [0.4, 0.5) is 9.59 Å². The highest BCUT2D eigenvalue weighted by Crippen LogP contribution is 2.40.